The van der Waals surface area contributed by atoms with Gasteiger partial charge in [-0.25, -0.2) is 9.67 Å². The molecule has 0 amide bonds. The number of pyridine rings is 1. The van der Waals surface area contributed by atoms with Gasteiger partial charge in [-0.15, -0.1) is 11.6 Å². The molecular formula is C8H7ClN4. The van der Waals surface area contributed by atoms with Gasteiger partial charge in [0.15, 0.2) is 0 Å². The van der Waals surface area contributed by atoms with Gasteiger partial charge in [-0.2, -0.15) is 5.10 Å². The summed E-state index contributed by atoms with van der Waals surface area (Å²) in [5, 5.41) is 3.98. The molecule has 2 rings (SSSR count). The fraction of sp³-hybridized carbons (Fsp3) is 0.125. The molecule has 0 radical (unpaired) electrons. The van der Waals surface area contributed by atoms with E-state index in [2.05, 4.69) is 15.1 Å². The molecule has 66 valence electrons. The lowest BCUT2D eigenvalue weighted by molar-refractivity contribution is 0.870. The van der Waals surface area contributed by atoms with Crippen LogP contribution in [0, 0.1) is 0 Å². The Kier molecular flexibility index (Phi) is 2.23. The van der Waals surface area contributed by atoms with Crippen molar-refractivity contribution in [3.05, 3.63) is 36.7 Å². The Morgan fingerprint density at radius 1 is 1.31 bits per heavy atom. The van der Waals surface area contributed by atoms with Crippen LogP contribution in [0.1, 0.15) is 5.56 Å². The summed E-state index contributed by atoms with van der Waals surface area (Å²) in [4.78, 5) is 7.88. The Balaban J connectivity index is 2.41. The van der Waals surface area contributed by atoms with Crippen molar-refractivity contribution in [2.45, 2.75) is 5.88 Å². The smallest absolute Gasteiger partial charge is 0.138 e. The van der Waals surface area contributed by atoms with Crippen LogP contribution in [-0.2, 0) is 5.88 Å². The molecule has 0 aliphatic heterocycles. The highest BCUT2D eigenvalue weighted by atomic mass is 35.5. The predicted octanol–water partition coefficient (Wildman–Crippen LogP) is 1.40. The number of hydrogen-bond acceptors (Lipinski definition) is 3. The third-order valence-corrected chi connectivity index (χ3v) is 1.93. The molecule has 0 saturated heterocycles. The standard InChI is InChI=1S/C8H7ClN4/c9-2-7-1-8(4-10-3-7)13-6-11-5-12-13/h1,3-6H,2H2. The fourth-order valence-electron chi connectivity index (χ4n) is 1.01. The molecule has 0 N–H and O–H groups in total. The van der Waals surface area contributed by atoms with Crippen LogP contribution < -0.4 is 0 Å². The molecule has 2 aromatic heterocycles. The van der Waals surface area contributed by atoms with Crippen LogP contribution in [0.25, 0.3) is 5.69 Å². The van der Waals surface area contributed by atoms with Gasteiger partial charge in [-0.3, -0.25) is 4.98 Å². The van der Waals surface area contributed by atoms with Crippen molar-refractivity contribution in [2.24, 2.45) is 0 Å². The first kappa shape index (κ1) is 8.19. The van der Waals surface area contributed by atoms with E-state index in [4.69, 9.17) is 11.6 Å². The monoisotopic (exact) mass is 194 g/mol. The normalized spacial score (nSPS) is 10.2. The summed E-state index contributed by atoms with van der Waals surface area (Å²) >= 11 is 5.67. The van der Waals surface area contributed by atoms with Gasteiger partial charge in [0, 0.05) is 12.1 Å². The first-order chi connectivity index (χ1) is 6.40. The van der Waals surface area contributed by atoms with E-state index in [0.29, 0.717) is 5.88 Å². The summed E-state index contributed by atoms with van der Waals surface area (Å²) in [6, 6.07) is 1.93. The second kappa shape index (κ2) is 3.53. The lowest BCUT2D eigenvalue weighted by atomic mass is 10.3. The van der Waals surface area contributed by atoms with Crippen molar-refractivity contribution in [1.29, 1.82) is 0 Å². The predicted molar refractivity (Wildman–Crippen MR) is 48.7 cm³/mol. The molecule has 0 saturated carbocycles. The lowest BCUT2D eigenvalue weighted by Crippen LogP contribution is -1.96. The van der Waals surface area contributed by atoms with Crippen molar-refractivity contribution < 1.29 is 0 Å². The minimum atomic E-state index is 0.454. The molecule has 0 fully saturated rings. The quantitative estimate of drug-likeness (QED) is 0.679. The number of hydrogen-bond donors (Lipinski definition) is 0. The van der Waals surface area contributed by atoms with Crippen molar-refractivity contribution in [3.8, 4) is 5.69 Å². The first-order valence-corrected chi connectivity index (χ1v) is 4.28. The highest BCUT2D eigenvalue weighted by Gasteiger charge is 1.98. The molecule has 13 heavy (non-hydrogen) atoms. The molecule has 0 aliphatic carbocycles. The molecule has 0 bridgehead atoms. The summed E-state index contributed by atoms with van der Waals surface area (Å²) in [6.07, 6.45) is 6.54. The molecule has 0 spiro atoms. The second-order valence-corrected chi connectivity index (χ2v) is 2.79. The average molecular weight is 195 g/mol. The molecule has 0 aliphatic rings. The maximum Gasteiger partial charge on any atom is 0.138 e. The highest BCUT2D eigenvalue weighted by Crippen LogP contribution is 2.08. The molecule has 2 aromatic rings. The number of halogens is 1. The maximum absolute atomic E-state index is 5.67. The Morgan fingerprint density at radius 2 is 2.23 bits per heavy atom. The number of nitrogens with zero attached hydrogens (tertiary/aromatic N) is 4. The summed E-state index contributed by atoms with van der Waals surface area (Å²) in [6.45, 7) is 0. The molecule has 0 atom stereocenters. The van der Waals surface area contributed by atoms with E-state index in [0.717, 1.165) is 11.3 Å². The maximum atomic E-state index is 5.67. The molecule has 0 aromatic carbocycles. The SMILES string of the molecule is ClCc1cncc(-n2cncn2)c1. The minimum absolute atomic E-state index is 0.454. The van der Waals surface area contributed by atoms with Crippen molar-refractivity contribution in [3.63, 3.8) is 0 Å². The zero-order valence-corrected chi connectivity index (χ0v) is 7.52. The van der Waals surface area contributed by atoms with E-state index in [1.807, 2.05) is 6.07 Å². The number of aromatic nitrogens is 4. The Hall–Kier alpha value is -1.42. The summed E-state index contributed by atoms with van der Waals surface area (Å²) in [5.41, 5.74) is 1.84. The van der Waals surface area contributed by atoms with Crippen LogP contribution in [0.15, 0.2) is 31.1 Å². The van der Waals surface area contributed by atoms with Crippen LogP contribution in [0.2, 0.25) is 0 Å². The highest BCUT2D eigenvalue weighted by molar-refractivity contribution is 6.17. The molecule has 4 nitrogen and oxygen atoms in total. The largest absolute Gasteiger partial charge is 0.262 e. The van der Waals surface area contributed by atoms with Crippen LogP contribution >= 0.6 is 11.6 Å². The number of alkyl halides is 1. The fourth-order valence-corrected chi connectivity index (χ4v) is 1.16. The van der Waals surface area contributed by atoms with Gasteiger partial charge >= 0.3 is 0 Å². The Bertz CT molecular complexity index is 385. The lowest BCUT2D eigenvalue weighted by Gasteiger charge is -2.00. The van der Waals surface area contributed by atoms with Crippen molar-refractivity contribution in [2.75, 3.05) is 0 Å². The third-order valence-electron chi connectivity index (χ3n) is 1.62. The Morgan fingerprint density at radius 3 is 2.92 bits per heavy atom. The van der Waals surface area contributed by atoms with E-state index in [9.17, 15) is 0 Å². The summed E-state index contributed by atoms with van der Waals surface area (Å²) < 4.78 is 1.64. The number of rotatable bonds is 2. The molecule has 5 heteroatoms. The zero-order valence-electron chi connectivity index (χ0n) is 6.76. The van der Waals surface area contributed by atoms with Crippen LogP contribution in [0.4, 0.5) is 0 Å². The van der Waals surface area contributed by atoms with Crippen LogP contribution in [-0.4, -0.2) is 19.7 Å². The van der Waals surface area contributed by atoms with E-state index in [1.165, 1.54) is 6.33 Å². The van der Waals surface area contributed by atoms with Gasteiger partial charge in [0.25, 0.3) is 0 Å². The topological polar surface area (TPSA) is 43.6 Å². The van der Waals surface area contributed by atoms with Crippen molar-refractivity contribution in [1.82, 2.24) is 19.7 Å². The summed E-state index contributed by atoms with van der Waals surface area (Å²) in [7, 11) is 0. The van der Waals surface area contributed by atoms with E-state index >= 15 is 0 Å². The van der Waals surface area contributed by atoms with E-state index in [1.54, 1.807) is 23.4 Å². The average Bonchev–Trinajstić information content (AvgIpc) is 2.71. The third kappa shape index (κ3) is 1.67. The van der Waals surface area contributed by atoms with Crippen LogP contribution in [0.3, 0.4) is 0 Å². The van der Waals surface area contributed by atoms with Gasteiger partial charge in [-0.05, 0) is 11.6 Å². The van der Waals surface area contributed by atoms with Crippen LogP contribution in [0.5, 0.6) is 0 Å². The van der Waals surface area contributed by atoms with Gasteiger partial charge in [0.2, 0.25) is 0 Å². The molecule has 2 heterocycles. The molecular weight excluding hydrogens is 188 g/mol. The van der Waals surface area contributed by atoms with Gasteiger partial charge in [0.05, 0.1) is 11.9 Å². The van der Waals surface area contributed by atoms with E-state index in [-0.39, 0.29) is 0 Å². The molecule has 0 unspecified atom stereocenters. The second-order valence-electron chi connectivity index (χ2n) is 2.53. The van der Waals surface area contributed by atoms with E-state index < -0.39 is 0 Å². The summed E-state index contributed by atoms with van der Waals surface area (Å²) in [5.74, 6) is 0.454. The van der Waals surface area contributed by atoms with Gasteiger partial charge in [-0.1, -0.05) is 0 Å². The van der Waals surface area contributed by atoms with Gasteiger partial charge in [0.1, 0.15) is 12.7 Å². The zero-order chi connectivity index (χ0) is 9.10. The Labute approximate surface area is 80.2 Å². The minimum Gasteiger partial charge on any atom is -0.262 e. The van der Waals surface area contributed by atoms with Gasteiger partial charge < -0.3 is 0 Å². The first-order valence-electron chi connectivity index (χ1n) is 3.75. The van der Waals surface area contributed by atoms with Crippen molar-refractivity contribution >= 4 is 11.6 Å².